The molecular weight excluding hydrogens is 452 g/mol. The van der Waals surface area contributed by atoms with Crippen LogP contribution in [0.2, 0.25) is 0 Å². The summed E-state index contributed by atoms with van der Waals surface area (Å²) < 4.78 is 15.3. The smallest absolute Gasteiger partial charge is 0.408 e. The Morgan fingerprint density at radius 3 is 1.91 bits per heavy atom. The van der Waals surface area contributed by atoms with E-state index in [0.29, 0.717) is 0 Å². The number of rotatable bonds is 10. The summed E-state index contributed by atoms with van der Waals surface area (Å²) in [4.78, 5) is 49.9. The molecule has 0 saturated carbocycles. The lowest BCUT2D eigenvalue weighted by molar-refractivity contribution is -0.149. The summed E-state index contributed by atoms with van der Waals surface area (Å²) in [5, 5.41) is 4.96. The van der Waals surface area contributed by atoms with Crippen LogP contribution in [0.4, 0.5) is 4.79 Å². The second kappa shape index (κ2) is 13.1. The van der Waals surface area contributed by atoms with Crippen molar-refractivity contribution in [1.82, 2.24) is 10.6 Å². The second-order valence-corrected chi connectivity index (χ2v) is 8.83. The van der Waals surface area contributed by atoms with Crippen molar-refractivity contribution in [3.8, 4) is 0 Å². The molecule has 0 unspecified atom stereocenters. The number of alkyl carbamates (subject to hydrolysis) is 1. The highest BCUT2D eigenvalue weighted by atomic mass is 16.6. The van der Waals surface area contributed by atoms with Crippen LogP contribution < -0.4 is 10.6 Å². The average Bonchev–Trinajstić information content (AvgIpc) is 2.81. The van der Waals surface area contributed by atoms with Crippen LogP contribution in [0.3, 0.4) is 0 Å². The van der Waals surface area contributed by atoms with E-state index in [2.05, 4.69) is 10.6 Å². The Kier molecular flexibility index (Phi) is 10.3. The van der Waals surface area contributed by atoms with Gasteiger partial charge in [-0.3, -0.25) is 4.79 Å². The maximum Gasteiger partial charge on any atom is 0.408 e. The molecule has 9 heteroatoms. The summed E-state index contributed by atoms with van der Waals surface area (Å²) in [6, 6.07) is 16.0. The number of carbonyl (C=O) groups is 4. The summed E-state index contributed by atoms with van der Waals surface area (Å²) in [6.45, 7) is 5.05. The van der Waals surface area contributed by atoms with Gasteiger partial charge in [-0.15, -0.1) is 0 Å². The largest absolute Gasteiger partial charge is 0.467 e. The van der Waals surface area contributed by atoms with E-state index >= 15 is 0 Å². The van der Waals surface area contributed by atoms with E-state index in [1.807, 2.05) is 60.7 Å². The Morgan fingerprint density at radius 1 is 0.800 bits per heavy atom. The third-order valence-corrected chi connectivity index (χ3v) is 4.69. The number of ether oxygens (including phenoxy) is 3. The van der Waals surface area contributed by atoms with Crippen LogP contribution in [-0.2, 0) is 41.6 Å². The van der Waals surface area contributed by atoms with Crippen molar-refractivity contribution in [1.29, 1.82) is 0 Å². The van der Waals surface area contributed by atoms with Crippen molar-refractivity contribution < 1.29 is 33.4 Å². The minimum absolute atomic E-state index is 0.0474. The molecule has 0 aliphatic rings. The van der Waals surface area contributed by atoms with Crippen LogP contribution in [0.25, 0.3) is 0 Å². The maximum absolute atomic E-state index is 12.8. The molecule has 0 aliphatic heterocycles. The Morgan fingerprint density at radius 2 is 1.37 bits per heavy atom. The van der Waals surface area contributed by atoms with Gasteiger partial charge in [-0.2, -0.15) is 0 Å². The third kappa shape index (κ3) is 10.3. The molecule has 2 amide bonds. The number of carbonyl (C=O) groups excluding carboxylic acids is 4. The van der Waals surface area contributed by atoms with E-state index in [-0.39, 0.29) is 13.0 Å². The molecule has 0 fully saturated rings. The molecule has 2 N–H and O–H groups in total. The molecule has 0 aliphatic carbocycles. The van der Waals surface area contributed by atoms with Gasteiger partial charge in [-0.25, -0.2) is 14.4 Å². The van der Waals surface area contributed by atoms with Gasteiger partial charge in [-0.05, 0) is 31.9 Å². The molecule has 35 heavy (non-hydrogen) atoms. The zero-order valence-corrected chi connectivity index (χ0v) is 20.4. The second-order valence-electron chi connectivity index (χ2n) is 8.83. The fourth-order valence-electron chi connectivity index (χ4n) is 3.10. The molecule has 188 valence electrons. The van der Waals surface area contributed by atoms with Gasteiger partial charge in [-0.1, -0.05) is 60.7 Å². The Balaban J connectivity index is 2.08. The number of hydrogen-bond acceptors (Lipinski definition) is 7. The number of esters is 2. The quantitative estimate of drug-likeness (QED) is 0.393. The van der Waals surface area contributed by atoms with Crippen molar-refractivity contribution in [3.05, 3.63) is 71.8 Å². The summed E-state index contributed by atoms with van der Waals surface area (Å²) in [6.07, 6.45) is -1.14. The first-order valence-electron chi connectivity index (χ1n) is 11.2. The Hall–Kier alpha value is -3.88. The molecule has 9 nitrogen and oxygen atoms in total. The number of nitrogens with one attached hydrogen (secondary N) is 2. The lowest BCUT2D eigenvalue weighted by atomic mass is 10.1. The molecular formula is C26H32N2O7. The normalized spacial score (nSPS) is 12.6. The van der Waals surface area contributed by atoms with Crippen molar-refractivity contribution in [2.24, 2.45) is 0 Å². The molecule has 0 bridgehead atoms. The van der Waals surface area contributed by atoms with Gasteiger partial charge in [0.25, 0.3) is 0 Å². The van der Waals surface area contributed by atoms with Crippen LogP contribution in [0, 0.1) is 0 Å². The molecule has 2 aromatic carbocycles. The zero-order valence-electron chi connectivity index (χ0n) is 20.4. The summed E-state index contributed by atoms with van der Waals surface area (Å²) in [5.41, 5.74) is 0.819. The molecule has 0 heterocycles. The van der Waals surface area contributed by atoms with Gasteiger partial charge in [0.05, 0.1) is 13.5 Å². The monoisotopic (exact) mass is 484 g/mol. The SMILES string of the molecule is COC(=O)[C@@H](CC(=O)N[C@@H](Cc1ccccc1)C(=O)OCc1ccccc1)NC(=O)OC(C)(C)C. The van der Waals surface area contributed by atoms with Crippen molar-refractivity contribution >= 4 is 23.9 Å². The van der Waals surface area contributed by atoms with Crippen molar-refractivity contribution in [2.75, 3.05) is 7.11 Å². The van der Waals surface area contributed by atoms with E-state index < -0.39 is 48.0 Å². The van der Waals surface area contributed by atoms with E-state index in [0.717, 1.165) is 18.2 Å². The maximum atomic E-state index is 12.8. The Bertz CT molecular complexity index is 988. The summed E-state index contributed by atoms with van der Waals surface area (Å²) in [5.74, 6) is -2.09. The van der Waals surface area contributed by atoms with Crippen LogP contribution in [0.15, 0.2) is 60.7 Å². The van der Waals surface area contributed by atoms with E-state index in [1.165, 1.54) is 0 Å². The summed E-state index contributed by atoms with van der Waals surface area (Å²) >= 11 is 0. The highest BCUT2D eigenvalue weighted by molar-refractivity contribution is 5.90. The number of hydrogen-bond donors (Lipinski definition) is 2. The molecule has 0 spiro atoms. The molecule has 2 atom stereocenters. The minimum atomic E-state index is -1.30. The molecule has 2 rings (SSSR count). The van der Waals surface area contributed by atoms with Crippen LogP contribution in [0.5, 0.6) is 0 Å². The van der Waals surface area contributed by atoms with Crippen LogP contribution in [0.1, 0.15) is 38.3 Å². The van der Waals surface area contributed by atoms with Crippen molar-refractivity contribution in [2.45, 2.75) is 57.9 Å². The first-order valence-corrected chi connectivity index (χ1v) is 11.2. The van der Waals surface area contributed by atoms with Gasteiger partial charge in [0.1, 0.15) is 24.3 Å². The number of methoxy groups -OCH3 is 1. The van der Waals surface area contributed by atoms with Crippen molar-refractivity contribution in [3.63, 3.8) is 0 Å². The van der Waals surface area contributed by atoms with Gasteiger partial charge < -0.3 is 24.8 Å². The fraction of sp³-hybridized carbons (Fsp3) is 0.385. The molecule has 0 aromatic heterocycles. The standard InChI is InChI=1S/C26H32N2O7/c1-26(2,3)35-25(32)28-21(23(30)33-4)16-22(29)27-20(15-18-11-7-5-8-12-18)24(31)34-17-19-13-9-6-10-14-19/h5-14,20-21H,15-17H2,1-4H3,(H,27,29)(H,28,32)/t20-,21+/m0/s1. The minimum Gasteiger partial charge on any atom is -0.467 e. The zero-order chi connectivity index (χ0) is 25.8. The number of benzene rings is 2. The van der Waals surface area contributed by atoms with Gasteiger partial charge in [0, 0.05) is 6.42 Å². The molecule has 2 aromatic rings. The third-order valence-electron chi connectivity index (χ3n) is 4.69. The highest BCUT2D eigenvalue weighted by Gasteiger charge is 2.30. The van der Waals surface area contributed by atoms with E-state index in [9.17, 15) is 19.2 Å². The number of amides is 2. The highest BCUT2D eigenvalue weighted by Crippen LogP contribution is 2.10. The van der Waals surface area contributed by atoms with Gasteiger partial charge in [0.2, 0.25) is 5.91 Å². The van der Waals surface area contributed by atoms with E-state index in [4.69, 9.17) is 14.2 Å². The average molecular weight is 485 g/mol. The van der Waals surface area contributed by atoms with Crippen LogP contribution >= 0.6 is 0 Å². The Labute approximate surface area is 205 Å². The first kappa shape index (κ1) is 27.4. The molecule has 0 radical (unpaired) electrons. The lowest BCUT2D eigenvalue weighted by Crippen LogP contribution is -2.49. The van der Waals surface area contributed by atoms with E-state index in [1.54, 1.807) is 20.8 Å². The van der Waals surface area contributed by atoms with Gasteiger partial charge in [0.15, 0.2) is 0 Å². The molecule has 0 saturated heterocycles. The fourth-order valence-corrected chi connectivity index (χ4v) is 3.10. The predicted molar refractivity (Wildman–Crippen MR) is 128 cm³/mol. The topological polar surface area (TPSA) is 120 Å². The lowest BCUT2D eigenvalue weighted by Gasteiger charge is -2.23. The van der Waals surface area contributed by atoms with Crippen LogP contribution in [-0.4, -0.2) is 48.7 Å². The summed E-state index contributed by atoms with van der Waals surface area (Å²) in [7, 11) is 1.14. The van der Waals surface area contributed by atoms with Gasteiger partial charge >= 0.3 is 18.0 Å². The first-order chi connectivity index (χ1) is 16.6. The predicted octanol–water partition coefficient (Wildman–Crippen LogP) is 2.91.